The molecule has 1 atom stereocenters. The number of nitrogens with one attached hydrogen (secondary N) is 1. The average Bonchev–Trinajstić information content (AvgIpc) is 2.26. The van der Waals surface area contributed by atoms with Crippen LogP contribution in [0.5, 0.6) is 0 Å². The fourth-order valence-electron chi connectivity index (χ4n) is 1.99. The first-order valence-electron chi connectivity index (χ1n) is 5.76. The van der Waals surface area contributed by atoms with E-state index in [0.717, 1.165) is 25.7 Å². The van der Waals surface area contributed by atoms with Gasteiger partial charge in [-0.25, -0.2) is 0 Å². The minimum Gasteiger partial charge on any atom is -0.481 e. The molecule has 4 N–H and O–H groups in total. The summed E-state index contributed by atoms with van der Waals surface area (Å²) in [6, 6.07) is 0.331. The lowest BCUT2D eigenvalue weighted by molar-refractivity contribution is -0.142. The van der Waals surface area contributed by atoms with E-state index in [1.165, 1.54) is 0 Å². The molecule has 5 heteroatoms. The molecule has 92 valence electrons. The Hall–Kier alpha value is -1.10. The van der Waals surface area contributed by atoms with Crippen LogP contribution in [0, 0.1) is 11.8 Å². The van der Waals surface area contributed by atoms with Crippen LogP contribution in [-0.4, -0.2) is 29.6 Å². The highest BCUT2D eigenvalue weighted by molar-refractivity contribution is 5.76. The molecule has 0 spiro atoms. The molecule has 0 radical (unpaired) electrons. The van der Waals surface area contributed by atoms with Gasteiger partial charge in [-0.2, -0.15) is 0 Å². The topological polar surface area (TPSA) is 92.4 Å². The van der Waals surface area contributed by atoms with Crippen LogP contribution in [0.4, 0.5) is 0 Å². The first-order chi connectivity index (χ1) is 7.50. The third-order valence-corrected chi connectivity index (χ3v) is 3.27. The maximum absolute atomic E-state index is 10.8. The van der Waals surface area contributed by atoms with Gasteiger partial charge in [0.1, 0.15) is 0 Å². The van der Waals surface area contributed by atoms with Crippen molar-refractivity contribution in [2.24, 2.45) is 17.6 Å². The van der Waals surface area contributed by atoms with Crippen LogP contribution in [0.25, 0.3) is 0 Å². The van der Waals surface area contributed by atoms with E-state index in [1.807, 2.05) is 0 Å². The van der Waals surface area contributed by atoms with E-state index in [-0.39, 0.29) is 17.7 Å². The smallest absolute Gasteiger partial charge is 0.306 e. The number of nitrogens with two attached hydrogens (primary N) is 1. The fourth-order valence-corrected chi connectivity index (χ4v) is 1.99. The molecule has 1 rings (SSSR count). The molecule has 5 nitrogen and oxygen atoms in total. The van der Waals surface area contributed by atoms with Crippen molar-refractivity contribution < 1.29 is 14.7 Å². The number of carboxylic acid groups (broad SMARTS) is 1. The molecule has 1 aliphatic carbocycles. The number of aliphatic carboxylic acids is 1. The Morgan fingerprint density at radius 1 is 1.38 bits per heavy atom. The summed E-state index contributed by atoms with van der Waals surface area (Å²) in [7, 11) is 0. The quantitative estimate of drug-likeness (QED) is 0.632. The Morgan fingerprint density at radius 2 is 1.94 bits per heavy atom. The molecule has 1 amide bonds. The van der Waals surface area contributed by atoms with Gasteiger partial charge >= 0.3 is 5.97 Å². The van der Waals surface area contributed by atoms with E-state index in [0.29, 0.717) is 12.6 Å². The zero-order valence-electron chi connectivity index (χ0n) is 9.61. The maximum atomic E-state index is 10.8. The average molecular weight is 228 g/mol. The molecule has 0 aromatic heterocycles. The maximum Gasteiger partial charge on any atom is 0.306 e. The summed E-state index contributed by atoms with van der Waals surface area (Å²) in [5.41, 5.74) is 5.16. The van der Waals surface area contributed by atoms with Gasteiger partial charge in [-0.15, -0.1) is 0 Å². The summed E-state index contributed by atoms with van der Waals surface area (Å²) in [6.07, 6.45) is 3.17. The Morgan fingerprint density at radius 3 is 2.38 bits per heavy atom. The summed E-state index contributed by atoms with van der Waals surface area (Å²) in [5.74, 6) is -1.35. The normalized spacial score (nSPS) is 27.3. The number of amides is 1. The summed E-state index contributed by atoms with van der Waals surface area (Å²) in [5, 5.41) is 12.1. The second-order valence-electron chi connectivity index (χ2n) is 4.60. The predicted molar refractivity (Wildman–Crippen MR) is 59.7 cm³/mol. The van der Waals surface area contributed by atoms with Crippen molar-refractivity contribution >= 4 is 11.9 Å². The van der Waals surface area contributed by atoms with Crippen LogP contribution < -0.4 is 11.1 Å². The zero-order valence-corrected chi connectivity index (χ0v) is 9.61. The highest BCUT2D eigenvalue weighted by atomic mass is 16.4. The van der Waals surface area contributed by atoms with Gasteiger partial charge in [-0.1, -0.05) is 6.92 Å². The van der Waals surface area contributed by atoms with Gasteiger partial charge in [0.15, 0.2) is 0 Å². The van der Waals surface area contributed by atoms with Crippen molar-refractivity contribution in [2.45, 2.75) is 38.6 Å². The highest BCUT2D eigenvalue weighted by Crippen LogP contribution is 2.24. The Labute approximate surface area is 95.4 Å². The molecule has 0 aliphatic heterocycles. The van der Waals surface area contributed by atoms with Crippen molar-refractivity contribution in [3.05, 3.63) is 0 Å². The molecule has 1 saturated carbocycles. The second-order valence-corrected chi connectivity index (χ2v) is 4.60. The second kappa shape index (κ2) is 5.84. The lowest BCUT2D eigenvalue weighted by Gasteiger charge is -2.27. The number of hydrogen-bond acceptors (Lipinski definition) is 3. The van der Waals surface area contributed by atoms with Crippen molar-refractivity contribution in [2.75, 3.05) is 6.54 Å². The largest absolute Gasteiger partial charge is 0.481 e. The van der Waals surface area contributed by atoms with Gasteiger partial charge < -0.3 is 16.2 Å². The number of carbonyl (C=O) groups is 2. The Balaban J connectivity index is 2.22. The molecular formula is C11H20N2O3. The molecule has 1 unspecified atom stereocenters. The van der Waals surface area contributed by atoms with Gasteiger partial charge in [-0.3, -0.25) is 9.59 Å². The first-order valence-corrected chi connectivity index (χ1v) is 5.76. The van der Waals surface area contributed by atoms with Crippen molar-refractivity contribution in [3.8, 4) is 0 Å². The standard InChI is InChI=1S/C11H20N2O3/c1-7(10(12)14)6-13-9-4-2-8(3-5-9)11(15)16/h7-9,13H,2-6H2,1H3,(H2,12,14)(H,15,16). The van der Waals surface area contributed by atoms with Crippen LogP contribution in [0.2, 0.25) is 0 Å². The van der Waals surface area contributed by atoms with Crippen LogP contribution in [0.15, 0.2) is 0 Å². The lowest BCUT2D eigenvalue weighted by Crippen LogP contribution is -2.39. The predicted octanol–water partition coefficient (Wildman–Crippen LogP) is 0.341. The minimum absolute atomic E-state index is 0.169. The van der Waals surface area contributed by atoms with E-state index in [9.17, 15) is 9.59 Å². The molecule has 1 aliphatic rings. The summed E-state index contributed by atoms with van der Waals surface area (Å²) < 4.78 is 0. The summed E-state index contributed by atoms with van der Waals surface area (Å²) in [6.45, 7) is 2.37. The molecule has 1 fully saturated rings. The minimum atomic E-state index is -0.691. The SMILES string of the molecule is CC(CNC1CCC(C(=O)O)CC1)C(N)=O. The van der Waals surface area contributed by atoms with Gasteiger partial charge in [0.25, 0.3) is 0 Å². The molecule has 0 aromatic rings. The molecule has 0 bridgehead atoms. The number of hydrogen-bond donors (Lipinski definition) is 3. The number of carbonyl (C=O) groups excluding carboxylic acids is 1. The van der Waals surface area contributed by atoms with Crippen molar-refractivity contribution in [1.29, 1.82) is 0 Å². The zero-order chi connectivity index (χ0) is 12.1. The van der Waals surface area contributed by atoms with Gasteiger partial charge in [-0.05, 0) is 25.7 Å². The van der Waals surface area contributed by atoms with Gasteiger partial charge in [0.2, 0.25) is 5.91 Å². The van der Waals surface area contributed by atoms with Crippen LogP contribution >= 0.6 is 0 Å². The monoisotopic (exact) mass is 228 g/mol. The van der Waals surface area contributed by atoms with E-state index in [2.05, 4.69) is 5.32 Å². The third-order valence-electron chi connectivity index (χ3n) is 3.27. The van der Waals surface area contributed by atoms with E-state index >= 15 is 0 Å². The van der Waals surface area contributed by atoms with Crippen LogP contribution in [0.3, 0.4) is 0 Å². The van der Waals surface area contributed by atoms with Gasteiger partial charge in [0, 0.05) is 18.5 Å². The van der Waals surface area contributed by atoms with Crippen LogP contribution in [0.1, 0.15) is 32.6 Å². The van der Waals surface area contributed by atoms with Gasteiger partial charge in [0.05, 0.1) is 5.92 Å². The molecule has 0 aromatic carbocycles. The van der Waals surface area contributed by atoms with Crippen LogP contribution in [-0.2, 0) is 9.59 Å². The Bertz CT molecular complexity index is 260. The van der Waals surface area contributed by atoms with Crippen molar-refractivity contribution in [1.82, 2.24) is 5.32 Å². The number of carboxylic acids is 1. The van der Waals surface area contributed by atoms with Crippen molar-refractivity contribution in [3.63, 3.8) is 0 Å². The fraction of sp³-hybridized carbons (Fsp3) is 0.818. The molecule has 0 saturated heterocycles. The van der Waals surface area contributed by atoms with E-state index in [4.69, 9.17) is 10.8 Å². The third kappa shape index (κ3) is 3.81. The molecule has 0 heterocycles. The lowest BCUT2D eigenvalue weighted by atomic mass is 9.86. The highest BCUT2D eigenvalue weighted by Gasteiger charge is 2.25. The summed E-state index contributed by atoms with van der Waals surface area (Å²) >= 11 is 0. The molecule has 16 heavy (non-hydrogen) atoms. The Kier molecular flexibility index (Phi) is 4.73. The number of primary amides is 1. The summed E-state index contributed by atoms with van der Waals surface area (Å²) in [4.78, 5) is 21.6. The van der Waals surface area contributed by atoms with E-state index in [1.54, 1.807) is 6.92 Å². The first kappa shape index (κ1) is 13.0. The molecular weight excluding hydrogens is 208 g/mol. The van der Waals surface area contributed by atoms with E-state index < -0.39 is 5.97 Å². The number of rotatable bonds is 5.